The van der Waals surface area contributed by atoms with E-state index < -0.39 is 38.4 Å². The van der Waals surface area contributed by atoms with Gasteiger partial charge in [-0.25, -0.2) is 16.8 Å². The SMILES string of the molecule is Cc1ccccc1N(CC(=O)NNC(=O)c1ccc(S(=O)(=O)N2CCCC2)cc1)S(C)(=O)=O. The maximum absolute atomic E-state index is 12.6. The Morgan fingerprint density at radius 3 is 2.12 bits per heavy atom. The van der Waals surface area contributed by atoms with Gasteiger partial charge in [-0.15, -0.1) is 0 Å². The number of nitrogens with zero attached hydrogens (tertiary/aromatic N) is 2. The number of para-hydroxylation sites is 1. The Kier molecular flexibility index (Phi) is 7.40. The number of benzene rings is 2. The molecule has 178 valence electrons. The van der Waals surface area contributed by atoms with Gasteiger partial charge in [-0.3, -0.25) is 24.7 Å². The highest BCUT2D eigenvalue weighted by atomic mass is 32.2. The maximum atomic E-state index is 12.6. The lowest BCUT2D eigenvalue weighted by Gasteiger charge is -2.23. The number of hydrogen-bond acceptors (Lipinski definition) is 6. The molecule has 0 spiro atoms. The molecule has 0 bridgehead atoms. The van der Waals surface area contributed by atoms with Crippen LogP contribution in [0.15, 0.2) is 53.4 Å². The second-order valence-corrected chi connectivity index (χ2v) is 11.5. The zero-order valence-corrected chi connectivity index (χ0v) is 19.9. The fourth-order valence-electron chi connectivity index (χ4n) is 3.45. The molecule has 2 amide bonds. The first-order chi connectivity index (χ1) is 15.5. The van der Waals surface area contributed by atoms with E-state index >= 15 is 0 Å². The van der Waals surface area contributed by atoms with Crippen molar-refractivity contribution in [2.24, 2.45) is 0 Å². The number of hydrogen-bond donors (Lipinski definition) is 2. The van der Waals surface area contributed by atoms with Crippen LogP contribution in [0, 0.1) is 6.92 Å². The minimum Gasteiger partial charge on any atom is -0.271 e. The molecule has 3 rings (SSSR count). The molecule has 1 aliphatic rings. The first kappa shape index (κ1) is 24.7. The van der Waals surface area contributed by atoms with Crippen molar-refractivity contribution in [3.63, 3.8) is 0 Å². The van der Waals surface area contributed by atoms with Crippen LogP contribution in [0.5, 0.6) is 0 Å². The lowest BCUT2D eigenvalue weighted by atomic mass is 10.2. The molecule has 1 aliphatic heterocycles. The van der Waals surface area contributed by atoms with Gasteiger partial charge in [0.15, 0.2) is 0 Å². The molecule has 0 saturated carbocycles. The highest BCUT2D eigenvalue weighted by Gasteiger charge is 2.27. The van der Waals surface area contributed by atoms with E-state index in [-0.39, 0.29) is 10.5 Å². The van der Waals surface area contributed by atoms with Gasteiger partial charge in [-0.2, -0.15) is 4.31 Å². The van der Waals surface area contributed by atoms with Crippen LogP contribution in [0.1, 0.15) is 28.8 Å². The summed E-state index contributed by atoms with van der Waals surface area (Å²) in [4.78, 5) is 24.8. The molecule has 2 aromatic carbocycles. The van der Waals surface area contributed by atoms with Crippen molar-refractivity contribution in [2.75, 3.05) is 30.2 Å². The number of amides is 2. The number of rotatable bonds is 7. The van der Waals surface area contributed by atoms with Gasteiger partial charge in [0.1, 0.15) is 6.54 Å². The molecule has 0 aromatic heterocycles. The third kappa shape index (κ3) is 5.89. The number of carbonyl (C=O) groups is 2. The summed E-state index contributed by atoms with van der Waals surface area (Å²) in [5.74, 6) is -1.42. The normalized spacial score (nSPS) is 14.6. The van der Waals surface area contributed by atoms with Crippen molar-refractivity contribution in [3.8, 4) is 0 Å². The van der Waals surface area contributed by atoms with E-state index in [1.54, 1.807) is 31.2 Å². The van der Waals surface area contributed by atoms with Gasteiger partial charge in [-0.05, 0) is 55.7 Å². The smallest absolute Gasteiger partial charge is 0.269 e. The van der Waals surface area contributed by atoms with Crippen LogP contribution in [-0.2, 0) is 24.8 Å². The standard InChI is InChI=1S/C21H26N4O6S2/c1-16-7-3-4-8-19(16)25(32(2,28)29)15-20(26)22-23-21(27)17-9-11-18(12-10-17)33(30,31)24-13-5-6-14-24/h3-4,7-12H,5-6,13-15H2,1-2H3,(H,22,26)(H,23,27). The van der Waals surface area contributed by atoms with Gasteiger partial charge in [0.25, 0.3) is 11.8 Å². The molecular weight excluding hydrogens is 468 g/mol. The Morgan fingerprint density at radius 1 is 0.939 bits per heavy atom. The number of aryl methyl sites for hydroxylation is 1. The highest BCUT2D eigenvalue weighted by Crippen LogP contribution is 2.22. The third-order valence-electron chi connectivity index (χ3n) is 5.21. The predicted octanol–water partition coefficient (Wildman–Crippen LogP) is 1.01. The number of carbonyl (C=O) groups excluding carboxylic acids is 2. The Bertz CT molecular complexity index is 1240. The van der Waals surface area contributed by atoms with Crippen molar-refractivity contribution in [1.29, 1.82) is 0 Å². The summed E-state index contributed by atoms with van der Waals surface area (Å²) in [5.41, 5.74) is 5.57. The topological polar surface area (TPSA) is 133 Å². The van der Waals surface area contributed by atoms with Crippen LogP contribution in [0.4, 0.5) is 5.69 Å². The van der Waals surface area contributed by atoms with Crippen molar-refractivity contribution >= 4 is 37.5 Å². The number of nitrogens with one attached hydrogen (secondary N) is 2. The minimum absolute atomic E-state index is 0.0898. The molecule has 2 aromatic rings. The van der Waals surface area contributed by atoms with Crippen LogP contribution in [-0.4, -0.2) is 58.8 Å². The van der Waals surface area contributed by atoms with Gasteiger partial charge in [-0.1, -0.05) is 18.2 Å². The van der Waals surface area contributed by atoms with Gasteiger partial charge >= 0.3 is 0 Å². The molecule has 0 radical (unpaired) electrons. The molecule has 1 heterocycles. The summed E-state index contributed by atoms with van der Waals surface area (Å²) in [6.45, 7) is 2.14. The summed E-state index contributed by atoms with van der Waals surface area (Å²) >= 11 is 0. The van der Waals surface area contributed by atoms with Crippen molar-refractivity contribution in [2.45, 2.75) is 24.7 Å². The quantitative estimate of drug-likeness (QED) is 0.552. The van der Waals surface area contributed by atoms with Gasteiger partial charge in [0.05, 0.1) is 16.8 Å². The van der Waals surface area contributed by atoms with Crippen molar-refractivity contribution in [3.05, 3.63) is 59.7 Å². The molecule has 10 nitrogen and oxygen atoms in total. The van der Waals surface area contributed by atoms with E-state index in [2.05, 4.69) is 10.9 Å². The number of sulfonamides is 2. The Balaban J connectivity index is 1.63. The zero-order valence-electron chi connectivity index (χ0n) is 18.3. The van der Waals surface area contributed by atoms with Crippen LogP contribution < -0.4 is 15.2 Å². The first-order valence-corrected chi connectivity index (χ1v) is 13.5. The summed E-state index contributed by atoms with van der Waals surface area (Å²) < 4.78 is 51.9. The summed E-state index contributed by atoms with van der Waals surface area (Å²) in [5, 5.41) is 0. The monoisotopic (exact) mass is 494 g/mol. The molecule has 12 heteroatoms. The third-order valence-corrected chi connectivity index (χ3v) is 8.25. The maximum Gasteiger partial charge on any atom is 0.269 e. The lowest BCUT2D eigenvalue weighted by Crippen LogP contribution is -2.47. The van der Waals surface area contributed by atoms with Crippen molar-refractivity contribution < 1.29 is 26.4 Å². The molecule has 1 fully saturated rings. The average molecular weight is 495 g/mol. The second kappa shape index (κ2) is 9.89. The van der Waals surface area contributed by atoms with Gasteiger partial charge in [0, 0.05) is 18.7 Å². The Morgan fingerprint density at radius 2 is 1.55 bits per heavy atom. The highest BCUT2D eigenvalue weighted by molar-refractivity contribution is 7.92. The average Bonchev–Trinajstić information content (AvgIpc) is 3.32. The molecule has 0 atom stereocenters. The first-order valence-electron chi connectivity index (χ1n) is 10.2. The molecule has 33 heavy (non-hydrogen) atoms. The van der Waals surface area contributed by atoms with Crippen molar-refractivity contribution in [1.82, 2.24) is 15.2 Å². The molecule has 0 unspecified atom stereocenters. The van der Waals surface area contributed by atoms with Crippen LogP contribution in [0.25, 0.3) is 0 Å². The lowest BCUT2D eigenvalue weighted by molar-refractivity contribution is -0.120. The fourth-order valence-corrected chi connectivity index (χ4v) is 5.88. The largest absolute Gasteiger partial charge is 0.271 e. The summed E-state index contributed by atoms with van der Waals surface area (Å²) in [6, 6.07) is 12.1. The van der Waals surface area contributed by atoms with Crippen LogP contribution >= 0.6 is 0 Å². The summed E-state index contributed by atoms with van der Waals surface area (Å²) in [6.07, 6.45) is 2.63. The summed E-state index contributed by atoms with van der Waals surface area (Å²) in [7, 11) is -7.35. The minimum atomic E-state index is -3.75. The number of anilines is 1. The van der Waals surface area contributed by atoms with E-state index in [0.29, 0.717) is 24.3 Å². The second-order valence-electron chi connectivity index (χ2n) is 7.69. The van der Waals surface area contributed by atoms with Crippen LogP contribution in [0.2, 0.25) is 0 Å². The van der Waals surface area contributed by atoms with Gasteiger partial charge < -0.3 is 0 Å². The molecule has 1 saturated heterocycles. The zero-order chi connectivity index (χ0) is 24.2. The van der Waals surface area contributed by atoms with E-state index in [1.165, 1.54) is 28.6 Å². The van der Waals surface area contributed by atoms with Crippen LogP contribution in [0.3, 0.4) is 0 Å². The molecular formula is C21H26N4O6S2. The molecule has 0 aliphatic carbocycles. The van der Waals surface area contributed by atoms with Gasteiger partial charge in [0.2, 0.25) is 20.0 Å². The van der Waals surface area contributed by atoms with E-state index in [9.17, 15) is 26.4 Å². The molecule has 2 N–H and O–H groups in total. The van der Waals surface area contributed by atoms with E-state index in [4.69, 9.17) is 0 Å². The predicted molar refractivity (Wildman–Crippen MR) is 123 cm³/mol. The number of hydrazine groups is 1. The Hall–Kier alpha value is -2.96. The fraction of sp³-hybridized carbons (Fsp3) is 0.333. The van der Waals surface area contributed by atoms with E-state index in [1.807, 2.05) is 0 Å². The van der Waals surface area contributed by atoms with E-state index in [0.717, 1.165) is 23.4 Å². The Labute approximate surface area is 193 Å².